The molecular weight excluding hydrogens is 404 g/mol. The third-order valence-corrected chi connectivity index (χ3v) is 4.44. The van der Waals surface area contributed by atoms with Crippen LogP contribution in [0.1, 0.15) is 17.4 Å². The summed E-state index contributed by atoms with van der Waals surface area (Å²) in [4.78, 5) is 24.1. The fourth-order valence-corrected chi connectivity index (χ4v) is 3.15. The number of rotatable bonds is 5. The Kier molecular flexibility index (Phi) is 5.36. The Morgan fingerprint density at radius 2 is 1.73 bits per heavy atom. The quantitative estimate of drug-likeness (QED) is 0.475. The number of nitrogens with zero attached hydrogens (tertiary/aromatic N) is 2. The molecule has 150 valence electrons. The van der Waals surface area contributed by atoms with E-state index in [0.717, 1.165) is 0 Å². The van der Waals surface area contributed by atoms with Crippen LogP contribution in [0.2, 0.25) is 5.02 Å². The van der Waals surface area contributed by atoms with Crippen molar-refractivity contribution in [2.45, 2.75) is 6.92 Å². The van der Waals surface area contributed by atoms with E-state index in [-0.39, 0.29) is 11.6 Å². The van der Waals surface area contributed by atoms with Gasteiger partial charge in [-0.2, -0.15) is 5.10 Å². The van der Waals surface area contributed by atoms with Crippen LogP contribution in [-0.2, 0) is 4.79 Å². The van der Waals surface area contributed by atoms with E-state index in [2.05, 4.69) is 15.7 Å². The van der Waals surface area contributed by atoms with E-state index < -0.39 is 5.91 Å². The first-order chi connectivity index (χ1) is 14.5. The molecule has 0 atom stereocenters. The zero-order valence-corrected chi connectivity index (χ0v) is 16.7. The van der Waals surface area contributed by atoms with Gasteiger partial charge in [-0.3, -0.25) is 9.59 Å². The van der Waals surface area contributed by atoms with Gasteiger partial charge in [-0.1, -0.05) is 23.7 Å². The highest BCUT2D eigenvalue weighted by Crippen LogP contribution is 2.26. The van der Waals surface area contributed by atoms with Crippen LogP contribution in [0.3, 0.4) is 0 Å². The van der Waals surface area contributed by atoms with Gasteiger partial charge in [0.25, 0.3) is 5.91 Å². The third-order valence-electron chi connectivity index (χ3n) is 4.21. The summed E-state index contributed by atoms with van der Waals surface area (Å²) < 4.78 is 7.11. The number of anilines is 2. The maximum atomic E-state index is 12.9. The van der Waals surface area contributed by atoms with Crippen LogP contribution in [0.25, 0.3) is 17.1 Å². The highest BCUT2D eigenvalue weighted by atomic mass is 35.5. The molecule has 0 spiro atoms. The van der Waals surface area contributed by atoms with Crippen LogP contribution in [-0.4, -0.2) is 21.6 Å². The first-order valence-corrected chi connectivity index (χ1v) is 9.46. The molecule has 2 amide bonds. The number of halogens is 1. The third kappa shape index (κ3) is 4.26. The van der Waals surface area contributed by atoms with Crippen molar-refractivity contribution < 1.29 is 14.0 Å². The Labute approximate surface area is 177 Å². The van der Waals surface area contributed by atoms with Crippen molar-refractivity contribution >= 4 is 34.8 Å². The second-order valence-corrected chi connectivity index (χ2v) is 6.94. The number of carbonyl (C=O) groups is 2. The Hall–Kier alpha value is -3.84. The van der Waals surface area contributed by atoms with Gasteiger partial charge in [0, 0.05) is 29.4 Å². The van der Waals surface area contributed by atoms with Crippen LogP contribution in [0.5, 0.6) is 0 Å². The van der Waals surface area contributed by atoms with E-state index >= 15 is 0 Å². The van der Waals surface area contributed by atoms with E-state index in [1.807, 2.05) is 6.07 Å². The molecule has 0 radical (unpaired) electrons. The van der Waals surface area contributed by atoms with Crippen molar-refractivity contribution in [1.82, 2.24) is 9.78 Å². The molecule has 30 heavy (non-hydrogen) atoms. The summed E-state index contributed by atoms with van der Waals surface area (Å²) in [5.41, 5.74) is 2.62. The lowest BCUT2D eigenvalue weighted by atomic mass is 10.2. The summed E-state index contributed by atoms with van der Waals surface area (Å²) in [6.45, 7) is 1.42. The number of aromatic nitrogens is 2. The topological polar surface area (TPSA) is 89.2 Å². The molecule has 0 aliphatic rings. The monoisotopic (exact) mass is 420 g/mol. The first-order valence-electron chi connectivity index (χ1n) is 9.08. The molecule has 2 N–H and O–H groups in total. The number of carbonyl (C=O) groups excluding carboxylic acids is 2. The fourth-order valence-electron chi connectivity index (χ4n) is 2.97. The van der Waals surface area contributed by atoms with Gasteiger partial charge >= 0.3 is 0 Å². The molecule has 0 saturated heterocycles. The average Bonchev–Trinajstić information content (AvgIpc) is 3.37. The predicted molar refractivity (Wildman–Crippen MR) is 115 cm³/mol. The highest BCUT2D eigenvalue weighted by molar-refractivity contribution is 6.30. The molecular formula is C22H17ClN4O3. The molecule has 4 rings (SSSR count). The molecule has 8 heteroatoms. The van der Waals surface area contributed by atoms with Crippen LogP contribution < -0.4 is 10.6 Å². The number of hydrogen-bond donors (Lipinski definition) is 2. The maximum Gasteiger partial charge on any atom is 0.276 e. The van der Waals surface area contributed by atoms with E-state index in [1.165, 1.54) is 6.92 Å². The highest BCUT2D eigenvalue weighted by Gasteiger charge is 2.19. The van der Waals surface area contributed by atoms with Crippen molar-refractivity contribution in [2.75, 3.05) is 10.6 Å². The van der Waals surface area contributed by atoms with Crippen LogP contribution in [0.15, 0.2) is 77.4 Å². The summed E-state index contributed by atoms with van der Waals surface area (Å²) in [6.07, 6.45) is 1.55. The van der Waals surface area contributed by atoms with Crippen molar-refractivity contribution in [3.63, 3.8) is 0 Å². The Balaban J connectivity index is 1.67. The number of nitrogens with one attached hydrogen (secondary N) is 2. The summed E-state index contributed by atoms with van der Waals surface area (Å²) in [7, 11) is 0. The number of furan rings is 1. The van der Waals surface area contributed by atoms with Gasteiger partial charge < -0.3 is 15.1 Å². The largest absolute Gasteiger partial charge is 0.463 e. The van der Waals surface area contributed by atoms with Crippen molar-refractivity contribution in [2.24, 2.45) is 0 Å². The summed E-state index contributed by atoms with van der Waals surface area (Å²) in [5.74, 6) is -0.0282. The van der Waals surface area contributed by atoms with E-state index in [1.54, 1.807) is 71.6 Å². The lowest BCUT2D eigenvalue weighted by Crippen LogP contribution is -2.13. The molecule has 0 saturated carbocycles. The minimum atomic E-state index is -0.399. The van der Waals surface area contributed by atoms with Crippen LogP contribution in [0.4, 0.5) is 11.4 Å². The Morgan fingerprint density at radius 1 is 0.967 bits per heavy atom. The standard InChI is InChI=1S/C22H17ClN4O3/c1-14(28)24-16-6-3-7-17(12-16)25-22(29)19-13-20(21-9-4-10-30-21)27(26-19)18-8-2-5-15(23)11-18/h2-13H,1H3,(H,24,28)(H,25,29). The smallest absolute Gasteiger partial charge is 0.276 e. The van der Waals surface area contributed by atoms with Crippen LogP contribution >= 0.6 is 11.6 Å². The van der Waals surface area contributed by atoms with Gasteiger partial charge in [0.2, 0.25) is 5.91 Å². The van der Waals surface area contributed by atoms with E-state index in [9.17, 15) is 9.59 Å². The number of amides is 2. The van der Waals surface area contributed by atoms with Crippen LogP contribution in [0, 0.1) is 0 Å². The van der Waals surface area contributed by atoms with Gasteiger partial charge in [-0.15, -0.1) is 0 Å². The Bertz CT molecular complexity index is 1210. The van der Waals surface area contributed by atoms with Gasteiger partial charge in [0.15, 0.2) is 11.5 Å². The minimum absolute atomic E-state index is 0.193. The molecule has 0 unspecified atom stereocenters. The van der Waals surface area contributed by atoms with Gasteiger partial charge in [-0.25, -0.2) is 4.68 Å². The summed E-state index contributed by atoms with van der Waals surface area (Å²) in [5, 5.41) is 10.5. The van der Waals surface area contributed by atoms with Gasteiger partial charge in [-0.05, 0) is 48.5 Å². The van der Waals surface area contributed by atoms with Crippen molar-refractivity contribution in [1.29, 1.82) is 0 Å². The second kappa shape index (κ2) is 8.26. The molecule has 0 aliphatic heterocycles. The molecule has 2 aromatic heterocycles. The zero-order chi connectivity index (χ0) is 21.1. The summed E-state index contributed by atoms with van der Waals surface area (Å²) >= 11 is 6.13. The summed E-state index contributed by atoms with van der Waals surface area (Å²) in [6, 6.07) is 19.2. The lowest BCUT2D eigenvalue weighted by Gasteiger charge is -2.07. The zero-order valence-electron chi connectivity index (χ0n) is 15.9. The SMILES string of the molecule is CC(=O)Nc1cccc(NC(=O)c2cc(-c3ccco3)n(-c3cccc(Cl)c3)n2)c1. The van der Waals surface area contributed by atoms with Crippen molar-refractivity contribution in [3.05, 3.63) is 83.7 Å². The van der Waals surface area contributed by atoms with E-state index in [0.29, 0.717) is 33.5 Å². The van der Waals surface area contributed by atoms with Gasteiger partial charge in [0.1, 0.15) is 5.69 Å². The predicted octanol–water partition coefficient (Wildman–Crippen LogP) is 5.00. The molecule has 0 fully saturated rings. The number of benzene rings is 2. The molecule has 0 aliphatic carbocycles. The average molecular weight is 421 g/mol. The minimum Gasteiger partial charge on any atom is -0.463 e. The Morgan fingerprint density at radius 3 is 2.43 bits per heavy atom. The molecule has 4 aromatic rings. The first kappa shape index (κ1) is 19.5. The fraction of sp³-hybridized carbons (Fsp3) is 0.0455. The lowest BCUT2D eigenvalue weighted by molar-refractivity contribution is -0.114. The molecule has 7 nitrogen and oxygen atoms in total. The van der Waals surface area contributed by atoms with Crippen molar-refractivity contribution in [3.8, 4) is 17.1 Å². The normalized spacial score (nSPS) is 10.6. The molecule has 0 bridgehead atoms. The second-order valence-electron chi connectivity index (χ2n) is 6.50. The van der Waals surface area contributed by atoms with Gasteiger partial charge in [0.05, 0.1) is 12.0 Å². The molecule has 2 aromatic carbocycles. The maximum absolute atomic E-state index is 12.9. The van der Waals surface area contributed by atoms with E-state index in [4.69, 9.17) is 16.0 Å². The molecule has 2 heterocycles. The number of hydrogen-bond acceptors (Lipinski definition) is 4.